The monoisotopic (exact) mass is 542 g/mol. The number of hydrogen-bond acceptors (Lipinski definition) is 5. The van der Waals surface area contributed by atoms with Gasteiger partial charge < -0.3 is 14.6 Å². The van der Waals surface area contributed by atoms with Crippen LogP contribution in [0.5, 0.6) is 0 Å². The molecule has 0 bridgehead atoms. The van der Waals surface area contributed by atoms with E-state index in [-0.39, 0.29) is 22.5 Å². The predicted octanol–water partition coefficient (Wildman–Crippen LogP) is 5.42. The number of ether oxygens (including phenoxy) is 1. The van der Waals surface area contributed by atoms with Crippen molar-refractivity contribution >= 4 is 25.6 Å². The minimum absolute atomic E-state index is 0.0409. The fraction of sp³-hybridized carbons (Fsp3) is 0.462. The summed E-state index contributed by atoms with van der Waals surface area (Å²) in [5.41, 5.74) is 1.19. The third kappa shape index (κ3) is 7.06. The summed E-state index contributed by atoms with van der Waals surface area (Å²) in [5, 5.41) is 16.5. The maximum absolute atomic E-state index is 14.1. The zero-order valence-electron chi connectivity index (χ0n) is 21.6. The molecular formula is C26H32ClFN6O2Si. The lowest BCUT2D eigenvalue weighted by atomic mass is 10.1. The van der Waals surface area contributed by atoms with Crippen molar-refractivity contribution in [3.63, 3.8) is 0 Å². The standard InChI is InChI=1S/C26H32ClFN6O2Si/c1-17(14-34-8-7-23(32-34)19-11-21(27)20(13-29)22(28)12-19)30-26(35)24-15-33(25(31-24)18-5-6-18)16-36-9-10-37(2,3)4/h7-8,11-12,15,17-18H,5-6,9-10,14,16H2,1-4H3,(H,30,35). The van der Waals surface area contributed by atoms with Crippen LogP contribution >= 0.6 is 11.6 Å². The summed E-state index contributed by atoms with van der Waals surface area (Å²) < 4.78 is 23.7. The lowest BCUT2D eigenvalue weighted by Gasteiger charge is -2.16. The van der Waals surface area contributed by atoms with Gasteiger partial charge in [-0.3, -0.25) is 9.48 Å². The van der Waals surface area contributed by atoms with Crippen molar-refractivity contribution in [2.75, 3.05) is 6.61 Å². The Kier molecular flexibility index (Phi) is 8.16. The third-order valence-corrected chi connectivity index (χ3v) is 8.14. The zero-order valence-corrected chi connectivity index (χ0v) is 23.3. The van der Waals surface area contributed by atoms with Crippen molar-refractivity contribution in [2.45, 2.75) is 70.7 Å². The van der Waals surface area contributed by atoms with Gasteiger partial charge in [0.15, 0.2) is 0 Å². The second-order valence-electron chi connectivity index (χ2n) is 10.8. The van der Waals surface area contributed by atoms with Gasteiger partial charge in [0, 0.05) is 44.6 Å². The van der Waals surface area contributed by atoms with Crippen molar-refractivity contribution in [2.24, 2.45) is 0 Å². The van der Waals surface area contributed by atoms with Gasteiger partial charge in [0.05, 0.1) is 17.3 Å². The summed E-state index contributed by atoms with van der Waals surface area (Å²) in [6, 6.07) is 7.10. The Bertz CT molecular complexity index is 1300. The molecule has 0 radical (unpaired) electrons. The molecule has 1 atom stereocenters. The number of nitrogens with zero attached hydrogens (tertiary/aromatic N) is 5. The molecule has 1 aliphatic carbocycles. The molecular weight excluding hydrogens is 511 g/mol. The molecule has 11 heteroatoms. The van der Waals surface area contributed by atoms with Crippen LogP contribution < -0.4 is 5.32 Å². The number of benzene rings is 1. The Morgan fingerprint density at radius 3 is 2.78 bits per heavy atom. The lowest BCUT2D eigenvalue weighted by Crippen LogP contribution is -2.36. The summed E-state index contributed by atoms with van der Waals surface area (Å²) in [4.78, 5) is 17.6. The Labute approximate surface area is 222 Å². The van der Waals surface area contributed by atoms with Gasteiger partial charge in [-0.25, -0.2) is 9.37 Å². The van der Waals surface area contributed by atoms with Gasteiger partial charge in [0.1, 0.15) is 35.7 Å². The predicted molar refractivity (Wildman–Crippen MR) is 143 cm³/mol. The first-order chi connectivity index (χ1) is 17.5. The fourth-order valence-corrected chi connectivity index (χ4v) is 4.93. The van der Waals surface area contributed by atoms with Crippen LogP contribution in [0.3, 0.4) is 0 Å². The van der Waals surface area contributed by atoms with Crippen LogP contribution in [0.4, 0.5) is 4.39 Å². The van der Waals surface area contributed by atoms with Gasteiger partial charge in [-0.1, -0.05) is 31.2 Å². The second-order valence-corrected chi connectivity index (χ2v) is 16.8. The highest BCUT2D eigenvalue weighted by Crippen LogP contribution is 2.39. The molecule has 0 spiro atoms. The van der Waals surface area contributed by atoms with Crippen LogP contribution in [0.1, 0.15) is 47.6 Å². The van der Waals surface area contributed by atoms with E-state index in [2.05, 4.69) is 35.0 Å². The molecule has 8 nitrogen and oxygen atoms in total. The van der Waals surface area contributed by atoms with Crippen LogP contribution in [0.25, 0.3) is 11.3 Å². The number of imidazole rings is 1. The fourth-order valence-electron chi connectivity index (χ4n) is 3.92. The Morgan fingerprint density at radius 2 is 2.14 bits per heavy atom. The molecule has 196 valence electrons. The molecule has 4 rings (SSSR count). The second kappa shape index (κ2) is 11.2. The summed E-state index contributed by atoms with van der Waals surface area (Å²) in [5.74, 6) is 0.369. The van der Waals surface area contributed by atoms with Crippen molar-refractivity contribution in [1.82, 2.24) is 24.6 Å². The van der Waals surface area contributed by atoms with E-state index in [1.54, 1.807) is 29.2 Å². The summed E-state index contributed by atoms with van der Waals surface area (Å²) >= 11 is 6.02. The van der Waals surface area contributed by atoms with E-state index in [0.29, 0.717) is 42.8 Å². The van der Waals surface area contributed by atoms with Gasteiger partial charge in [-0.15, -0.1) is 0 Å². The van der Waals surface area contributed by atoms with E-state index >= 15 is 0 Å². The number of aromatic nitrogens is 4. The lowest BCUT2D eigenvalue weighted by molar-refractivity contribution is 0.0849. The molecule has 0 saturated heterocycles. The Hall–Kier alpha value is -3.00. The topological polar surface area (TPSA) is 97.8 Å². The van der Waals surface area contributed by atoms with Crippen molar-refractivity contribution in [3.8, 4) is 17.3 Å². The third-order valence-electron chi connectivity index (χ3n) is 6.14. The largest absolute Gasteiger partial charge is 0.361 e. The molecule has 37 heavy (non-hydrogen) atoms. The average Bonchev–Trinajstić information content (AvgIpc) is 3.39. The molecule has 3 aromatic rings. The molecule has 2 heterocycles. The molecule has 2 aromatic heterocycles. The normalized spacial score (nSPS) is 14.4. The minimum Gasteiger partial charge on any atom is -0.361 e. The van der Waals surface area contributed by atoms with E-state index in [1.807, 2.05) is 11.5 Å². The van der Waals surface area contributed by atoms with Gasteiger partial charge >= 0.3 is 0 Å². The number of nitrogens with one attached hydrogen (secondary N) is 1. The first kappa shape index (κ1) is 27.0. The van der Waals surface area contributed by atoms with E-state index in [0.717, 1.165) is 24.7 Å². The highest BCUT2D eigenvalue weighted by molar-refractivity contribution is 6.76. The van der Waals surface area contributed by atoms with E-state index in [1.165, 1.54) is 12.1 Å². The maximum Gasteiger partial charge on any atom is 0.271 e. The van der Waals surface area contributed by atoms with Gasteiger partial charge in [-0.2, -0.15) is 10.4 Å². The van der Waals surface area contributed by atoms with Crippen LogP contribution in [0.2, 0.25) is 30.7 Å². The number of nitriles is 1. The van der Waals surface area contributed by atoms with E-state index < -0.39 is 13.9 Å². The highest BCUT2D eigenvalue weighted by Gasteiger charge is 2.30. The zero-order chi connectivity index (χ0) is 26.7. The summed E-state index contributed by atoms with van der Waals surface area (Å²) in [7, 11) is -1.16. The number of hydrogen-bond donors (Lipinski definition) is 1. The summed E-state index contributed by atoms with van der Waals surface area (Å²) in [6.45, 7) is 10.4. The first-order valence-electron chi connectivity index (χ1n) is 12.4. The molecule has 1 aromatic carbocycles. The molecule has 1 saturated carbocycles. The van der Waals surface area contributed by atoms with Crippen LogP contribution in [-0.2, 0) is 18.0 Å². The number of halogens is 2. The Morgan fingerprint density at radius 1 is 1.38 bits per heavy atom. The average molecular weight is 543 g/mol. The van der Waals surface area contributed by atoms with Gasteiger partial charge in [-0.05, 0) is 44.0 Å². The molecule has 1 unspecified atom stereocenters. The maximum atomic E-state index is 14.1. The molecule has 1 amide bonds. The number of amides is 1. The van der Waals surface area contributed by atoms with Gasteiger partial charge in [0.2, 0.25) is 0 Å². The number of rotatable bonds is 11. The molecule has 0 aliphatic heterocycles. The number of carbonyl (C=O) groups excluding carboxylic acids is 1. The van der Waals surface area contributed by atoms with Crippen molar-refractivity contribution in [3.05, 3.63) is 58.5 Å². The van der Waals surface area contributed by atoms with E-state index in [9.17, 15) is 9.18 Å². The molecule has 1 N–H and O–H groups in total. The van der Waals surface area contributed by atoms with Crippen LogP contribution in [0.15, 0.2) is 30.6 Å². The number of carbonyl (C=O) groups is 1. The van der Waals surface area contributed by atoms with E-state index in [4.69, 9.17) is 21.6 Å². The Balaban J connectivity index is 1.36. The minimum atomic E-state index is -1.16. The first-order valence-corrected chi connectivity index (χ1v) is 16.5. The summed E-state index contributed by atoms with van der Waals surface area (Å²) in [6.07, 6.45) is 5.69. The highest BCUT2D eigenvalue weighted by atomic mass is 35.5. The van der Waals surface area contributed by atoms with Crippen LogP contribution in [0, 0.1) is 17.1 Å². The molecule has 1 fully saturated rings. The smallest absolute Gasteiger partial charge is 0.271 e. The van der Waals surface area contributed by atoms with Gasteiger partial charge in [0.25, 0.3) is 5.91 Å². The van der Waals surface area contributed by atoms with Crippen LogP contribution in [-0.4, -0.2) is 46.0 Å². The van der Waals surface area contributed by atoms with Crippen molar-refractivity contribution in [1.29, 1.82) is 5.26 Å². The van der Waals surface area contributed by atoms with Crippen molar-refractivity contribution < 1.29 is 13.9 Å². The molecule has 1 aliphatic rings. The SMILES string of the molecule is CC(Cn1ccc(-c2cc(F)c(C#N)c(Cl)c2)n1)NC(=O)c1cn(COCC[Si](C)(C)C)c(C2CC2)n1. The quantitative estimate of drug-likeness (QED) is 0.258.